The second-order valence-electron chi connectivity index (χ2n) is 7.67. The van der Waals surface area contributed by atoms with Crippen LogP contribution in [0.25, 0.3) is 6.08 Å². The molecule has 29 heavy (non-hydrogen) atoms. The van der Waals surface area contributed by atoms with Crippen molar-refractivity contribution in [2.24, 2.45) is 0 Å². The summed E-state index contributed by atoms with van der Waals surface area (Å²) in [5.74, 6) is -0.0748. The van der Waals surface area contributed by atoms with Crippen molar-refractivity contribution in [2.45, 2.75) is 38.3 Å². The number of thiophene rings is 1. The zero-order valence-corrected chi connectivity index (χ0v) is 17.5. The highest BCUT2D eigenvalue weighted by molar-refractivity contribution is 7.10. The minimum Gasteiger partial charge on any atom is -0.354 e. The number of likely N-dealkylation sites (tertiary alicyclic amines) is 1. The van der Waals surface area contributed by atoms with Crippen LogP contribution >= 0.6 is 11.3 Å². The normalized spacial score (nSPS) is 19.8. The summed E-state index contributed by atoms with van der Waals surface area (Å²) in [6, 6.07) is 12.2. The first kappa shape index (κ1) is 19.9. The SMILES string of the molecule is CC(=O)N1C=Cc2ccccc2[C@H]1CC(=O)NC[C@@H](c1cccs1)N1CCCC1. The van der Waals surface area contributed by atoms with Crippen LogP contribution in [-0.4, -0.2) is 41.2 Å². The summed E-state index contributed by atoms with van der Waals surface area (Å²) in [6.45, 7) is 4.31. The number of carbonyl (C=O) groups excluding carboxylic acids is 2. The molecule has 1 aromatic heterocycles. The highest BCUT2D eigenvalue weighted by Gasteiger charge is 2.29. The standard InChI is InChI=1S/C23H27N3O2S/c1-17(27)26-13-10-18-7-2-3-8-19(18)20(26)15-23(28)24-16-21(22-9-6-14-29-22)25-11-4-5-12-25/h2-3,6-10,13-14,20-21H,4-5,11-12,15-16H2,1H3,(H,24,28)/t20-,21+/m1/s1. The van der Waals surface area contributed by atoms with Crippen molar-refractivity contribution < 1.29 is 9.59 Å². The second-order valence-corrected chi connectivity index (χ2v) is 8.65. The van der Waals surface area contributed by atoms with Crippen LogP contribution in [0.4, 0.5) is 0 Å². The van der Waals surface area contributed by atoms with Crippen LogP contribution in [0.2, 0.25) is 0 Å². The minimum atomic E-state index is -0.263. The summed E-state index contributed by atoms with van der Waals surface area (Å²) in [5, 5.41) is 5.24. The molecule has 0 spiro atoms. The first-order valence-electron chi connectivity index (χ1n) is 10.2. The number of carbonyl (C=O) groups is 2. The molecule has 2 aliphatic heterocycles. The Morgan fingerprint density at radius 1 is 1.17 bits per heavy atom. The summed E-state index contributed by atoms with van der Waals surface area (Å²) in [6.07, 6.45) is 6.42. The van der Waals surface area contributed by atoms with Gasteiger partial charge in [-0.05, 0) is 54.6 Å². The molecule has 1 fully saturated rings. The molecule has 1 aromatic carbocycles. The molecule has 1 saturated heterocycles. The lowest BCUT2D eigenvalue weighted by Crippen LogP contribution is -2.39. The van der Waals surface area contributed by atoms with Crippen LogP contribution in [0.15, 0.2) is 48.0 Å². The van der Waals surface area contributed by atoms with Gasteiger partial charge in [-0.3, -0.25) is 14.5 Å². The summed E-state index contributed by atoms with van der Waals surface area (Å²) in [5.41, 5.74) is 2.09. The fourth-order valence-electron chi connectivity index (χ4n) is 4.32. The van der Waals surface area contributed by atoms with Crippen LogP contribution in [-0.2, 0) is 9.59 Å². The Kier molecular flexibility index (Phi) is 6.11. The Balaban J connectivity index is 1.45. The van der Waals surface area contributed by atoms with Crippen LogP contribution in [0.5, 0.6) is 0 Å². The number of rotatable bonds is 6. The van der Waals surface area contributed by atoms with E-state index in [-0.39, 0.29) is 30.3 Å². The zero-order valence-electron chi connectivity index (χ0n) is 16.7. The van der Waals surface area contributed by atoms with E-state index >= 15 is 0 Å². The number of hydrogen-bond acceptors (Lipinski definition) is 4. The zero-order chi connectivity index (χ0) is 20.2. The average molecular weight is 410 g/mol. The van der Waals surface area contributed by atoms with E-state index in [1.54, 1.807) is 29.4 Å². The first-order chi connectivity index (χ1) is 14.1. The van der Waals surface area contributed by atoms with E-state index in [0.29, 0.717) is 6.54 Å². The van der Waals surface area contributed by atoms with Crippen molar-refractivity contribution in [1.82, 2.24) is 15.1 Å². The summed E-state index contributed by atoms with van der Waals surface area (Å²) >= 11 is 1.75. The van der Waals surface area contributed by atoms with Gasteiger partial charge in [0.1, 0.15) is 0 Å². The lowest BCUT2D eigenvalue weighted by atomic mass is 9.93. The summed E-state index contributed by atoms with van der Waals surface area (Å²) in [7, 11) is 0. The molecule has 1 N–H and O–H groups in total. The van der Waals surface area contributed by atoms with Crippen molar-refractivity contribution in [1.29, 1.82) is 0 Å². The van der Waals surface area contributed by atoms with Crippen molar-refractivity contribution in [3.63, 3.8) is 0 Å². The smallest absolute Gasteiger partial charge is 0.223 e. The van der Waals surface area contributed by atoms with Gasteiger partial charge in [-0.2, -0.15) is 0 Å². The molecule has 0 bridgehead atoms. The summed E-state index contributed by atoms with van der Waals surface area (Å²) in [4.78, 5) is 30.4. The number of nitrogens with one attached hydrogen (secondary N) is 1. The number of fused-ring (bicyclic) bond motifs is 1. The molecule has 6 heteroatoms. The van der Waals surface area contributed by atoms with Crippen LogP contribution in [0.3, 0.4) is 0 Å². The van der Waals surface area contributed by atoms with Gasteiger partial charge in [-0.1, -0.05) is 30.3 Å². The molecular weight excluding hydrogens is 382 g/mol. The molecular formula is C23H27N3O2S. The van der Waals surface area contributed by atoms with Gasteiger partial charge in [0.15, 0.2) is 0 Å². The second kappa shape index (κ2) is 8.93. The van der Waals surface area contributed by atoms with Gasteiger partial charge in [0.2, 0.25) is 11.8 Å². The third-order valence-electron chi connectivity index (χ3n) is 5.79. The maximum atomic E-state index is 12.9. The highest BCUT2D eigenvalue weighted by atomic mass is 32.1. The fraction of sp³-hybridized carbons (Fsp3) is 0.391. The van der Waals surface area contributed by atoms with E-state index < -0.39 is 0 Å². The Hall–Kier alpha value is -2.44. The molecule has 0 saturated carbocycles. The lowest BCUT2D eigenvalue weighted by molar-refractivity contribution is -0.130. The minimum absolute atomic E-state index is 0.0212. The molecule has 2 amide bonds. The topological polar surface area (TPSA) is 52.7 Å². The van der Waals surface area contributed by atoms with E-state index in [4.69, 9.17) is 0 Å². The van der Waals surface area contributed by atoms with Crippen molar-refractivity contribution in [3.05, 3.63) is 64.0 Å². The number of nitrogens with zero attached hydrogens (tertiary/aromatic N) is 2. The van der Waals surface area contributed by atoms with Gasteiger partial charge in [0, 0.05) is 24.5 Å². The maximum absolute atomic E-state index is 12.9. The average Bonchev–Trinajstić information content (AvgIpc) is 3.43. The molecule has 2 aliphatic rings. The predicted molar refractivity (Wildman–Crippen MR) is 116 cm³/mol. The van der Waals surface area contributed by atoms with Gasteiger partial charge in [0.25, 0.3) is 0 Å². The van der Waals surface area contributed by atoms with E-state index in [2.05, 4.69) is 27.7 Å². The highest BCUT2D eigenvalue weighted by Crippen LogP contribution is 2.33. The van der Waals surface area contributed by atoms with Crippen molar-refractivity contribution in [2.75, 3.05) is 19.6 Å². The number of amides is 2. The molecule has 2 aromatic rings. The molecule has 2 atom stereocenters. The van der Waals surface area contributed by atoms with Crippen LogP contribution in [0, 0.1) is 0 Å². The Morgan fingerprint density at radius 2 is 1.97 bits per heavy atom. The Labute approximate surface area is 176 Å². The van der Waals surface area contributed by atoms with Gasteiger partial charge in [0.05, 0.1) is 18.5 Å². The first-order valence-corrected chi connectivity index (χ1v) is 11.1. The predicted octanol–water partition coefficient (Wildman–Crippen LogP) is 3.97. The van der Waals surface area contributed by atoms with Crippen LogP contribution in [0.1, 0.15) is 54.3 Å². The molecule has 0 radical (unpaired) electrons. The van der Waals surface area contributed by atoms with Gasteiger partial charge in [-0.25, -0.2) is 0 Å². The van der Waals surface area contributed by atoms with E-state index in [0.717, 1.165) is 24.2 Å². The quantitative estimate of drug-likeness (QED) is 0.786. The van der Waals surface area contributed by atoms with E-state index in [1.165, 1.54) is 17.7 Å². The van der Waals surface area contributed by atoms with Crippen LogP contribution < -0.4 is 5.32 Å². The fourth-order valence-corrected chi connectivity index (χ4v) is 5.18. The maximum Gasteiger partial charge on any atom is 0.223 e. The molecule has 5 nitrogen and oxygen atoms in total. The van der Waals surface area contributed by atoms with Gasteiger partial charge >= 0.3 is 0 Å². The molecule has 0 unspecified atom stereocenters. The molecule has 152 valence electrons. The molecule has 4 rings (SSSR count). The Morgan fingerprint density at radius 3 is 2.69 bits per heavy atom. The van der Waals surface area contributed by atoms with Crippen molar-refractivity contribution >= 4 is 29.2 Å². The van der Waals surface area contributed by atoms with Gasteiger partial charge < -0.3 is 10.2 Å². The van der Waals surface area contributed by atoms with Crippen molar-refractivity contribution in [3.8, 4) is 0 Å². The van der Waals surface area contributed by atoms with Gasteiger partial charge in [-0.15, -0.1) is 11.3 Å². The van der Waals surface area contributed by atoms with E-state index in [1.807, 2.05) is 30.3 Å². The monoisotopic (exact) mass is 409 g/mol. The number of hydrogen-bond donors (Lipinski definition) is 1. The summed E-state index contributed by atoms with van der Waals surface area (Å²) < 4.78 is 0. The third-order valence-corrected chi connectivity index (χ3v) is 6.77. The Bertz CT molecular complexity index is 887. The molecule has 3 heterocycles. The number of benzene rings is 1. The lowest BCUT2D eigenvalue weighted by Gasteiger charge is -2.32. The third kappa shape index (κ3) is 4.43. The molecule has 0 aliphatic carbocycles. The van der Waals surface area contributed by atoms with E-state index in [9.17, 15) is 9.59 Å². The largest absolute Gasteiger partial charge is 0.354 e.